The highest BCUT2D eigenvalue weighted by Crippen LogP contribution is 2.28. The van der Waals surface area contributed by atoms with Crippen LogP contribution in [0.5, 0.6) is 5.75 Å². The van der Waals surface area contributed by atoms with Gasteiger partial charge in [-0.3, -0.25) is 4.68 Å². The van der Waals surface area contributed by atoms with Crippen LogP contribution in [0, 0.1) is 0 Å². The number of hydrogen-bond donors (Lipinski definition) is 1. The molecule has 1 heterocycles. The van der Waals surface area contributed by atoms with Crippen LogP contribution in [0.2, 0.25) is 0 Å². The lowest BCUT2D eigenvalue weighted by atomic mass is 10.0. The molecule has 1 atom stereocenters. The van der Waals surface area contributed by atoms with Gasteiger partial charge in [0.15, 0.2) is 5.75 Å². The van der Waals surface area contributed by atoms with E-state index in [0.29, 0.717) is 6.04 Å². The Bertz CT molecular complexity index is 328. The molecule has 0 amide bonds. The van der Waals surface area contributed by atoms with Gasteiger partial charge < -0.3 is 10.1 Å². The number of nitrogens with one attached hydrogen (secondary N) is 1. The smallest absolute Gasteiger partial charge is 0.161 e. The van der Waals surface area contributed by atoms with Crippen LogP contribution in [0.25, 0.3) is 0 Å². The predicted octanol–water partition coefficient (Wildman–Crippen LogP) is 3.53. The predicted molar refractivity (Wildman–Crippen MR) is 79.6 cm³/mol. The minimum atomic E-state index is 0.332. The average molecular weight is 267 g/mol. The van der Waals surface area contributed by atoms with Crippen LogP contribution in [-0.2, 0) is 6.54 Å². The number of hydrogen-bond acceptors (Lipinski definition) is 3. The molecule has 0 radical (unpaired) electrons. The van der Waals surface area contributed by atoms with Crippen LogP contribution < -0.4 is 10.1 Å². The lowest BCUT2D eigenvalue weighted by molar-refractivity contribution is 0.387. The number of unbranched alkanes of at least 4 members (excludes halogenated alkanes) is 4. The summed E-state index contributed by atoms with van der Waals surface area (Å²) in [5.74, 6) is 0.898. The molecule has 0 aliphatic carbocycles. The molecule has 1 N–H and O–H groups in total. The van der Waals surface area contributed by atoms with Crippen LogP contribution >= 0.6 is 0 Å². The van der Waals surface area contributed by atoms with Crippen LogP contribution in [0.3, 0.4) is 0 Å². The minimum Gasteiger partial charge on any atom is -0.493 e. The van der Waals surface area contributed by atoms with Crippen LogP contribution in [0.15, 0.2) is 6.20 Å². The highest BCUT2D eigenvalue weighted by molar-refractivity contribution is 5.28. The first-order valence-corrected chi connectivity index (χ1v) is 7.55. The summed E-state index contributed by atoms with van der Waals surface area (Å²) in [6.45, 7) is 5.25. The maximum Gasteiger partial charge on any atom is 0.161 e. The van der Waals surface area contributed by atoms with Crippen LogP contribution in [-0.4, -0.2) is 23.9 Å². The molecule has 110 valence electrons. The van der Waals surface area contributed by atoms with E-state index in [0.717, 1.165) is 18.7 Å². The van der Waals surface area contributed by atoms with E-state index in [9.17, 15) is 0 Å². The van der Waals surface area contributed by atoms with E-state index in [1.165, 1.54) is 37.8 Å². The molecular formula is C15H29N3O. The number of aromatic nitrogens is 2. The highest BCUT2D eigenvalue weighted by Gasteiger charge is 2.19. The number of nitrogens with zero attached hydrogens (tertiary/aromatic N) is 2. The molecule has 1 aromatic heterocycles. The van der Waals surface area contributed by atoms with Gasteiger partial charge in [-0.1, -0.05) is 39.0 Å². The molecule has 4 nitrogen and oxygen atoms in total. The molecule has 0 spiro atoms. The van der Waals surface area contributed by atoms with Gasteiger partial charge in [0, 0.05) is 6.54 Å². The molecule has 0 aliphatic heterocycles. The van der Waals surface area contributed by atoms with E-state index in [1.807, 2.05) is 17.9 Å². The third-order valence-electron chi connectivity index (χ3n) is 3.64. The SMILES string of the molecule is CCCCCCCC(NC)c1c(OC)cnn1CC. The van der Waals surface area contributed by atoms with Gasteiger partial charge in [0.25, 0.3) is 0 Å². The number of rotatable bonds is 10. The van der Waals surface area contributed by atoms with Crippen molar-refractivity contribution in [3.05, 3.63) is 11.9 Å². The van der Waals surface area contributed by atoms with Crippen LogP contribution in [0.1, 0.15) is 64.1 Å². The van der Waals surface area contributed by atoms with Crippen LogP contribution in [0.4, 0.5) is 0 Å². The zero-order chi connectivity index (χ0) is 14.1. The Kier molecular flexibility index (Phi) is 7.56. The lowest BCUT2D eigenvalue weighted by Gasteiger charge is -2.18. The minimum absolute atomic E-state index is 0.332. The summed E-state index contributed by atoms with van der Waals surface area (Å²) in [6.07, 6.45) is 9.52. The van der Waals surface area contributed by atoms with Crippen molar-refractivity contribution in [2.24, 2.45) is 0 Å². The maximum atomic E-state index is 5.43. The average Bonchev–Trinajstić information content (AvgIpc) is 2.85. The number of methoxy groups -OCH3 is 1. The Morgan fingerprint density at radius 1 is 1.26 bits per heavy atom. The van der Waals surface area contributed by atoms with Crippen molar-refractivity contribution in [2.75, 3.05) is 14.2 Å². The molecule has 0 aliphatic rings. The molecule has 1 unspecified atom stereocenters. The van der Waals surface area contributed by atoms with Crippen molar-refractivity contribution in [1.82, 2.24) is 15.1 Å². The van der Waals surface area contributed by atoms with E-state index >= 15 is 0 Å². The molecule has 19 heavy (non-hydrogen) atoms. The molecule has 0 saturated carbocycles. The van der Waals surface area contributed by atoms with Gasteiger partial charge in [0.1, 0.15) is 0 Å². The summed E-state index contributed by atoms with van der Waals surface area (Å²) in [5, 5.41) is 7.79. The second-order valence-corrected chi connectivity index (χ2v) is 4.96. The standard InChI is InChI=1S/C15H29N3O/c1-5-7-8-9-10-11-13(16-3)15-14(19-4)12-17-18(15)6-2/h12-13,16H,5-11H2,1-4H3. The van der Waals surface area contributed by atoms with Crippen molar-refractivity contribution < 1.29 is 4.74 Å². The van der Waals surface area contributed by atoms with E-state index < -0.39 is 0 Å². The second-order valence-electron chi connectivity index (χ2n) is 4.96. The van der Waals surface area contributed by atoms with Crippen molar-refractivity contribution in [1.29, 1.82) is 0 Å². The van der Waals surface area contributed by atoms with Crippen molar-refractivity contribution >= 4 is 0 Å². The van der Waals surface area contributed by atoms with Gasteiger partial charge >= 0.3 is 0 Å². The summed E-state index contributed by atoms with van der Waals surface area (Å²) >= 11 is 0. The second kappa shape index (κ2) is 8.97. The number of aryl methyl sites for hydroxylation is 1. The Hall–Kier alpha value is -1.03. The molecule has 0 aromatic carbocycles. The monoisotopic (exact) mass is 267 g/mol. The molecule has 1 rings (SSSR count). The first-order valence-electron chi connectivity index (χ1n) is 7.55. The molecule has 1 aromatic rings. The third-order valence-corrected chi connectivity index (χ3v) is 3.64. The molecule has 0 fully saturated rings. The normalized spacial score (nSPS) is 12.6. The molecular weight excluding hydrogens is 238 g/mol. The van der Waals surface area contributed by atoms with E-state index in [-0.39, 0.29) is 0 Å². The van der Waals surface area contributed by atoms with Gasteiger partial charge in [-0.15, -0.1) is 0 Å². The van der Waals surface area contributed by atoms with Gasteiger partial charge in [-0.05, 0) is 20.4 Å². The highest BCUT2D eigenvalue weighted by atomic mass is 16.5. The van der Waals surface area contributed by atoms with E-state index in [2.05, 4.69) is 24.3 Å². The first-order chi connectivity index (χ1) is 9.28. The topological polar surface area (TPSA) is 39.1 Å². The maximum absolute atomic E-state index is 5.43. The fourth-order valence-corrected chi connectivity index (χ4v) is 2.51. The Morgan fingerprint density at radius 2 is 2.00 bits per heavy atom. The van der Waals surface area contributed by atoms with Gasteiger partial charge in [-0.2, -0.15) is 5.10 Å². The summed E-state index contributed by atoms with van der Waals surface area (Å²) in [7, 11) is 3.73. The summed E-state index contributed by atoms with van der Waals surface area (Å²) < 4.78 is 7.47. The fraction of sp³-hybridized carbons (Fsp3) is 0.800. The van der Waals surface area contributed by atoms with Crippen molar-refractivity contribution in [2.45, 2.75) is 65.0 Å². The van der Waals surface area contributed by atoms with Crippen molar-refractivity contribution in [3.8, 4) is 5.75 Å². The van der Waals surface area contributed by atoms with Crippen molar-refractivity contribution in [3.63, 3.8) is 0 Å². The Balaban J connectivity index is 2.60. The fourth-order valence-electron chi connectivity index (χ4n) is 2.51. The van der Waals surface area contributed by atoms with Gasteiger partial charge in [0.05, 0.1) is 25.0 Å². The van der Waals surface area contributed by atoms with E-state index in [4.69, 9.17) is 4.74 Å². The third kappa shape index (κ3) is 4.53. The quantitative estimate of drug-likeness (QED) is 0.659. The lowest BCUT2D eigenvalue weighted by Crippen LogP contribution is -2.21. The largest absolute Gasteiger partial charge is 0.493 e. The Morgan fingerprint density at radius 3 is 2.58 bits per heavy atom. The van der Waals surface area contributed by atoms with E-state index in [1.54, 1.807) is 7.11 Å². The molecule has 4 heteroatoms. The molecule has 0 bridgehead atoms. The summed E-state index contributed by atoms with van der Waals surface area (Å²) in [5.41, 5.74) is 1.18. The van der Waals surface area contributed by atoms with Gasteiger partial charge in [0.2, 0.25) is 0 Å². The molecule has 0 saturated heterocycles. The number of ether oxygens (including phenoxy) is 1. The zero-order valence-corrected chi connectivity index (χ0v) is 12.9. The summed E-state index contributed by atoms with van der Waals surface area (Å²) in [4.78, 5) is 0. The zero-order valence-electron chi connectivity index (χ0n) is 12.9. The Labute approximate surface area is 117 Å². The first kappa shape index (κ1) is 16.0. The summed E-state index contributed by atoms with van der Waals surface area (Å²) in [6, 6.07) is 0.332. The van der Waals surface area contributed by atoms with Gasteiger partial charge in [-0.25, -0.2) is 0 Å².